The molecule has 0 aromatic heterocycles. The summed E-state index contributed by atoms with van der Waals surface area (Å²) in [7, 11) is -3.91. The van der Waals surface area contributed by atoms with Crippen LogP contribution in [0.3, 0.4) is 0 Å². The number of anilines is 1. The van der Waals surface area contributed by atoms with Crippen LogP contribution in [-0.4, -0.2) is 32.9 Å². The molecule has 0 heterocycles. The lowest BCUT2D eigenvalue weighted by molar-refractivity contribution is -0.151. The van der Waals surface area contributed by atoms with Crippen LogP contribution in [0.15, 0.2) is 47.4 Å². The number of rotatable bonds is 7. The molecule has 0 aliphatic heterocycles. The molecular formula is C20H21N3O5S. The van der Waals surface area contributed by atoms with Gasteiger partial charge in [-0.1, -0.05) is 24.3 Å². The van der Waals surface area contributed by atoms with E-state index in [9.17, 15) is 18.0 Å². The van der Waals surface area contributed by atoms with Crippen LogP contribution in [0.25, 0.3) is 0 Å². The van der Waals surface area contributed by atoms with E-state index in [4.69, 9.17) is 10.00 Å². The molecule has 0 saturated carbocycles. The highest BCUT2D eigenvalue weighted by Crippen LogP contribution is 2.17. The SMILES string of the molecule is Cc1ccc(C)c(S(=O)(=O)NCC(=O)O[C@H](C)C(=O)Nc2ccccc2C#N)c1. The number of nitrogens with one attached hydrogen (secondary N) is 2. The number of esters is 1. The molecule has 1 atom stereocenters. The summed E-state index contributed by atoms with van der Waals surface area (Å²) < 4.78 is 32.0. The van der Waals surface area contributed by atoms with Crippen LogP contribution in [0.5, 0.6) is 0 Å². The van der Waals surface area contributed by atoms with Crippen molar-refractivity contribution in [3.05, 3.63) is 59.2 Å². The molecule has 0 unspecified atom stereocenters. The van der Waals surface area contributed by atoms with Crippen LogP contribution in [0.1, 0.15) is 23.6 Å². The Hall–Kier alpha value is -3.22. The molecule has 0 spiro atoms. The van der Waals surface area contributed by atoms with Crippen LogP contribution in [0.2, 0.25) is 0 Å². The monoisotopic (exact) mass is 415 g/mol. The van der Waals surface area contributed by atoms with Crippen molar-refractivity contribution in [1.29, 1.82) is 5.26 Å². The number of aryl methyl sites for hydroxylation is 2. The van der Waals surface area contributed by atoms with Crippen molar-refractivity contribution in [1.82, 2.24) is 4.72 Å². The van der Waals surface area contributed by atoms with Gasteiger partial charge in [-0.25, -0.2) is 8.42 Å². The number of amides is 1. The minimum atomic E-state index is -3.91. The van der Waals surface area contributed by atoms with Crippen molar-refractivity contribution in [2.24, 2.45) is 0 Å². The minimum Gasteiger partial charge on any atom is -0.452 e. The smallest absolute Gasteiger partial charge is 0.321 e. The van der Waals surface area contributed by atoms with Gasteiger partial charge >= 0.3 is 5.97 Å². The number of ether oxygens (including phenoxy) is 1. The van der Waals surface area contributed by atoms with E-state index in [1.54, 1.807) is 44.2 Å². The van der Waals surface area contributed by atoms with E-state index in [1.807, 2.05) is 6.07 Å². The van der Waals surface area contributed by atoms with Gasteiger partial charge in [-0.2, -0.15) is 9.98 Å². The van der Waals surface area contributed by atoms with Crippen molar-refractivity contribution < 1.29 is 22.7 Å². The topological polar surface area (TPSA) is 125 Å². The fraction of sp³-hybridized carbons (Fsp3) is 0.250. The number of nitrogens with zero attached hydrogens (tertiary/aromatic N) is 1. The molecule has 0 saturated heterocycles. The van der Waals surface area contributed by atoms with Gasteiger partial charge in [-0.3, -0.25) is 9.59 Å². The summed E-state index contributed by atoms with van der Waals surface area (Å²) in [6, 6.07) is 13.3. The summed E-state index contributed by atoms with van der Waals surface area (Å²) in [6.45, 7) is 4.14. The number of hydrogen-bond acceptors (Lipinski definition) is 6. The van der Waals surface area contributed by atoms with Gasteiger partial charge in [0.2, 0.25) is 10.0 Å². The number of benzene rings is 2. The lowest BCUT2D eigenvalue weighted by atomic mass is 10.2. The molecule has 0 aliphatic rings. The maximum atomic E-state index is 12.4. The van der Waals surface area contributed by atoms with Crippen LogP contribution in [0.4, 0.5) is 5.69 Å². The first-order valence-corrected chi connectivity index (χ1v) is 10.2. The quantitative estimate of drug-likeness (QED) is 0.667. The minimum absolute atomic E-state index is 0.0733. The molecule has 0 bridgehead atoms. The second-order valence-electron chi connectivity index (χ2n) is 6.37. The molecule has 2 aromatic carbocycles. The molecule has 152 valence electrons. The van der Waals surface area contributed by atoms with Gasteiger partial charge in [-0.15, -0.1) is 0 Å². The van der Waals surface area contributed by atoms with Crippen LogP contribution in [-0.2, 0) is 24.3 Å². The Balaban J connectivity index is 1.95. The molecule has 8 nitrogen and oxygen atoms in total. The van der Waals surface area contributed by atoms with Gasteiger partial charge in [0.1, 0.15) is 12.6 Å². The lowest BCUT2D eigenvalue weighted by Crippen LogP contribution is -2.36. The Kier molecular flexibility index (Phi) is 7.09. The maximum absolute atomic E-state index is 12.4. The molecule has 0 fully saturated rings. The Morgan fingerprint density at radius 3 is 2.55 bits per heavy atom. The van der Waals surface area contributed by atoms with E-state index in [-0.39, 0.29) is 10.5 Å². The van der Waals surface area contributed by atoms with Gasteiger partial charge in [0.25, 0.3) is 5.91 Å². The van der Waals surface area contributed by atoms with E-state index in [1.165, 1.54) is 19.1 Å². The number of sulfonamides is 1. The van der Waals surface area contributed by atoms with Gasteiger partial charge in [0, 0.05) is 0 Å². The number of carbonyl (C=O) groups excluding carboxylic acids is 2. The Morgan fingerprint density at radius 1 is 1.17 bits per heavy atom. The lowest BCUT2D eigenvalue weighted by Gasteiger charge is -2.15. The van der Waals surface area contributed by atoms with Gasteiger partial charge in [0.05, 0.1) is 16.1 Å². The molecule has 0 aliphatic carbocycles. The Bertz CT molecular complexity index is 1070. The molecule has 0 radical (unpaired) electrons. The first kappa shape index (κ1) is 22.1. The molecule has 2 N–H and O–H groups in total. The third-order valence-corrected chi connectivity index (χ3v) is 5.57. The highest BCUT2D eigenvalue weighted by Gasteiger charge is 2.22. The second-order valence-corrected chi connectivity index (χ2v) is 8.11. The standard InChI is InChI=1S/C20H21N3O5S/c1-13-8-9-14(2)18(10-13)29(26,27)22-12-19(24)28-15(3)20(25)23-17-7-5-4-6-16(17)11-21/h4-10,15,22H,12H2,1-3H3,(H,23,25)/t15-/m1/s1. The predicted molar refractivity (Wildman–Crippen MR) is 106 cm³/mol. The van der Waals surface area contributed by atoms with E-state index >= 15 is 0 Å². The fourth-order valence-electron chi connectivity index (χ4n) is 2.44. The molecule has 9 heteroatoms. The van der Waals surface area contributed by atoms with Gasteiger partial charge < -0.3 is 10.1 Å². The van der Waals surface area contributed by atoms with E-state index in [2.05, 4.69) is 10.0 Å². The number of hydrogen-bond donors (Lipinski definition) is 2. The van der Waals surface area contributed by atoms with Crippen molar-refractivity contribution in [3.63, 3.8) is 0 Å². The molecule has 1 amide bonds. The average Bonchev–Trinajstić information content (AvgIpc) is 2.68. The summed E-state index contributed by atoms with van der Waals surface area (Å²) >= 11 is 0. The number of para-hydroxylation sites is 1. The summed E-state index contributed by atoms with van der Waals surface area (Å²) in [6.07, 6.45) is -1.18. The zero-order chi connectivity index (χ0) is 21.6. The summed E-state index contributed by atoms with van der Waals surface area (Å²) in [5.74, 6) is -1.55. The highest BCUT2D eigenvalue weighted by molar-refractivity contribution is 7.89. The van der Waals surface area contributed by atoms with Crippen molar-refractivity contribution in [2.45, 2.75) is 31.8 Å². The second kappa shape index (κ2) is 9.32. The fourth-order valence-corrected chi connectivity index (χ4v) is 3.74. The third-order valence-electron chi connectivity index (χ3n) is 4.02. The third kappa shape index (κ3) is 5.88. The molecule has 29 heavy (non-hydrogen) atoms. The summed E-state index contributed by atoms with van der Waals surface area (Å²) in [4.78, 5) is 24.2. The zero-order valence-electron chi connectivity index (χ0n) is 16.2. The largest absolute Gasteiger partial charge is 0.452 e. The van der Waals surface area contributed by atoms with Crippen molar-refractivity contribution in [3.8, 4) is 6.07 Å². The Morgan fingerprint density at radius 2 is 1.86 bits per heavy atom. The Labute approximate surface area is 169 Å². The molecule has 2 aromatic rings. The molecule has 2 rings (SSSR count). The van der Waals surface area contributed by atoms with Crippen LogP contribution < -0.4 is 10.0 Å². The van der Waals surface area contributed by atoms with Gasteiger partial charge in [0.15, 0.2) is 6.10 Å². The van der Waals surface area contributed by atoms with Crippen molar-refractivity contribution in [2.75, 3.05) is 11.9 Å². The maximum Gasteiger partial charge on any atom is 0.321 e. The van der Waals surface area contributed by atoms with E-state index in [0.29, 0.717) is 11.3 Å². The molecular weight excluding hydrogens is 394 g/mol. The normalized spacial score (nSPS) is 11.9. The first-order valence-electron chi connectivity index (χ1n) is 8.70. The highest BCUT2D eigenvalue weighted by atomic mass is 32.2. The summed E-state index contributed by atoms with van der Waals surface area (Å²) in [5, 5.41) is 11.5. The van der Waals surface area contributed by atoms with Gasteiger partial charge in [-0.05, 0) is 50.1 Å². The van der Waals surface area contributed by atoms with E-state index in [0.717, 1.165) is 5.56 Å². The van der Waals surface area contributed by atoms with Crippen molar-refractivity contribution >= 4 is 27.6 Å². The number of carbonyl (C=O) groups is 2. The summed E-state index contributed by atoms with van der Waals surface area (Å²) in [5.41, 5.74) is 1.86. The average molecular weight is 415 g/mol. The predicted octanol–water partition coefficient (Wildman–Crippen LogP) is 2.02. The number of nitriles is 1. The first-order chi connectivity index (χ1) is 13.6. The van der Waals surface area contributed by atoms with Crippen LogP contribution >= 0.6 is 0 Å². The zero-order valence-corrected chi connectivity index (χ0v) is 17.0. The van der Waals surface area contributed by atoms with Crippen LogP contribution in [0, 0.1) is 25.2 Å². The van der Waals surface area contributed by atoms with E-state index < -0.39 is 34.5 Å².